The zero-order valence-corrected chi connectivity index (χ0v) is 13.5. The van der Waals surface area contributed by atoms with Crippen LogP contribution in [0.3, 0.4) is 0 Å². The first-order chi connectivity index (χ1) is 10.6. The lowest BCUT2D eigenvalue weighted by molar-refractivity contribution is -0.0913. The van der Waals surface area contributed by atoms with E-state index in [4.69, 9.17) is 0 Å². The number of hydrogen-bond acceptors (Lipinski definition) is 2. The Morgan fingerprint density at radius 1 is 1.22 bits per heavy atom. The maximum absolute atomic E-state index is 12.5. The molecule has 0 atom stereocenters. The van der Waals surface area contributed by atoms with E-state index in [1.54, 1.807) is 18.2 Å². The molecular formula is C18H19F3O2. The summed E-state index contributed by atoms with van der Waals surface area (Å²) < 4.78 is 42.1. The van der Waals surface area contributed by atoms with Crippen molar-refractivity contribution in [2.75, 3.05) is 7.11 Å². The van der Waals surface area contributed by atoms with Gasteiger partial charge in [0.05, 0.1) is 12.7 Å². The first-order valence-electron chi connectivity index (χ1n) is 6.88. The first kappa shape index (κ1) is 18.7. The summed E-state index contributed by atoms with van der Waals surface area (Å²) in [7, 11) is 1.31. The zero-order valence-electron chi connectivity index (χ0n) is 13.5. The molecule has 0 amide bonds. The van der Waals surface area contributed by atoms with Crippen molar-refractivity contribution in [1.82, 2.24) is 0 Å². The normalized spacial score (nSPS) is 12.6. The molecule has 0 saturated heterocycles. The lowest BCUT2D eigenvalue weighted by atomic mass is 9.98. The van der Waals surface area contributed by atoms with E-state index in [9.17, 15) is 18.0 Å². The van der Waals surface area contributed by atoms with Crippen molar-refractivity contribution < 1.29 is 22.7 Å². The minimum absolute atomic E-state index is 0.246. The van der Waals surface area contributed by atoms with Gasteiger partial charge in [-0.25, -0.2) is 4.79 Å². The number of methoxy groups -OCH3 is 1. The van der Waals surface area contributed by atoms with Crippen LogP contribution in [0.1, 0.15) is 34.0 Å². The maximum Gasteiger partial charge on any atom is 0.412 e. The Morgan fingerprint density at radius 3 is 2.17 bits per heavy atom. The summed E-state index contributed by atoms with van der Waals surface area (Å²) in [5.41, 5.74) is 2.46. The second kappa shape index (κ2) is 7.31. The fourth-order valence-electron chi connectivity index (χ4n) is 2.07. The molecule has 23 heavy (non-hydrogen) atoms. The smallest absolute Gasteiger partial charge is 0.412 e. The van der Waals surface area contributed by atoms with Gasteiger partial charge in [-0.2, -0.15) is 13.2 Å². The van der Waals surface area contributed by atoms with Crippen LogP contribution in [-0.2, 0) is 4.74 Å². The highest BCUT2D eigenvalue weighted by Crippen LogP contribution is 2.26. The van der Waals surface area contributed by atoms with E-state index < -0.39 is 17.7 Å². The molecule has 0 bridgehead atoms. The highest BCUT2D eigenvalue weighted by Gasteiger charge is 2.29. The Balaban J connectivity index is 3.06. The molecule has 0 unspecified atom stereocenters. The van der Waals surface area contributed by atoms with Crippen molar-refractivity contribution >= 4 is 12.0 Å². The molecule has 0 N–H and O–H groups in total. The average Bonchev–Trinajstić information content (AvgIpc) is 2.44. The summed E-state index contributed by atoms with van der Waals surface area (Å²) in [4.78, 5) is 11.5. The molecule has 0 aliphatic heterocycles. The number of ether oxygens (including phenoxy) is 1. The van der Waals surface area contributed by atoms with Crippen molar-refractivity contribution in [2.24, 2.45) is 0 Å². The number of halogens is 3. The van der Waals surface area contributed by atoms with Crippen molar-refractivity contribution in [1.29, 1.82) is 0 Å². The molecule has 0 aliphatic carbocycles. The van der Waals surface area contributed by atoms with E-state index in [-0.39, 0.29) is 5.57 Å². The van der Waals surface area contributed by atoms with Crippen LogP contribution in [0.4, 0.5) is 13.2 Å². The van der Waals surface area contributed by atoms with E-state index in [2.05, 4.69) is 11.3 Å². The molecule has 2 nitrogen and oxygen atoms in total. The van der Waals surface area contributed by atoms with Gasteiger partial charge in [-0.15, -0.1) is 0 Å². The third kappa shape index (κ3) is 5.13. The van der Waals surface area contributed by atoms with Crippen molar-refractivity contribution in [3.8, 4) is 0 Å². The fraction of sp³-hybridized carbons (Fsp3) is 0.278. The van der Waals surface area contributed by atoms with E-state index in [0.717, 1.165) is 29.7 Å². The van der Waals surface area contributed by atoms with Crippen LogP contribution in [0.15, 0.2) is 42.0 Å². The molecule has 0 spiro atoms. The number of allylic oxidation sites excluding steroid dienone is 4. The van der Waals surface area contributed by atoms with Gasteiger partial charge in [0.1, 0.15) is 0 Å². The number of hydrogen-bond donors (Lipinski definition) is 0. The molecule has 1 aromatic carbocycles. The van der Waals surface area contributed by atoms with Gasteiger partial charge < -0.3 is 4.74 Å². The van der Waals surface area contributed by atoms with Gasteiger partial charge >= 0.3 is 12.1 Å². The second-order valence-corrected chi connectivity index (χ2v) is 5.25. The van der Waals surface area contributed by atoms with Crippen LogP contribution in [0.5, 0.6) is 0 Å². The van der Waals surface area contributed by atoms with Crippen LogP contribution >= 0.6 is 0 Å². The number of benzene rings is 1. The molecule has 1 aromatic rings. The minimum Gasteiger partial charge on any atom is -0.465 e. The molecule has 0 saturated carbocycles. The number of carbonyl (C=O) groups excluding carboxylic acids is 1. The molecule has 0 fully saturated rings. The minimum atomic E-state index is -4.36. The molecule has 0 aromatic heterocycles. The Labute approximate surface area is 134 Å². The van der Waals surface area contributed by atoms with Gasteiger partial charge in [0.15, 0.2) is 0 Å². The summed E-state index contributed by atoms with van der Waals surface area (Å²) in [5.74, 6) is -0.431. The van der Waals surface area contributed by atoms with Gasteiger partial charge in [0.2, 0.25) is 0 Å². The standard InChI is InChI=1S/C18H19F3O2/c1-11(8-14(4)18(19,20)21)6-7-16-12(2)9-15(10-13(16)3)17(22)23-5/h6-10H,1H2,2-5H3/b7-6+,14-8+. The quantitative estimate of drug-likeness (QED) is 0.564. The van der Waals surface area contributed by atoms with Crippen LogP contribution in [0.2, 0.25) is 0 Å². The molecule has 5 heteroatoms. The van der Waals surface area contributed by atoms with Crippen molar-refractivity contribution in [3.05, 3.63) is 64.3 Å². The molecule has 0 aliphatic rings. The van der Waals surface area contributed by atoms with E-state index in [0.29, 0.717) is 5.56 Å². The van der Waals surface area contributed by atoms with E-state index in [1.807, 2.05) is 13.8 Å². The molecule has 0 radical (unpaired) electrons. The van der Waals surface area contributed by atoms with Crippen molar-refractivity contribution in [2.45, 2.75) is 26.9 Å². The number of rotatable bonds is 4. The molecule has 124 valence electrons. The lowest BCUT2D eigenvalue weighted by Crippen LogP contribution is -2.08. The summed E-state index contributed by atoms with van der Waals surface area (Å²) in [5, 5.41) is 0. The third-order valence-electron chi connectivity index (χ3n) is 3.33. The fourth-order valence-corrected chi connectivity index (χ4v) is 2.07. The highest BCUT2D eigenvalue weighted by atomic mass is 19.4. The van der Waals surface area contributed by atoms with E-state index >= 15 is 0 Å². The van der Waals surface area contributed by atoms with Crippen LogP contribution < -0.4 is 0 Å². The number of esters is 1. The number of carbonyl (C=O) groups is 1. The zero-order chi connectivity index (χ0) is 17.8. The van der Waals surface area contributed by atoms with Gasteiger partial charge in [-0.1, -0.05) is 18.7 Å². The molecule has 0 heterocycles. The van der Waals surface area contributed by atoms with Crippen LogP contribution in [0.25, 0.3) is 6.08 Å². The van der Waals surface area contributed by atoms with Gasteiger partial charge in [0.25, 0.3) is 0 Å². The van der Waals surface area contributed by atoms with Gasteiger partial charge in [-0.3, -0.25) is 0 Å². The van der Waals surface area contributed by atoms with E-state index in [1.165, 1.54) is 13.2 Å². The summed E-state index contributed by atoms with van der Waals surface area (Å²) in [6, 6.07) is 3.36. The maximum atomic E-state index is 12.5. The Hall–Kier alpha value is -2.30. The van der Waals surface area contributed by atoms with Crippen molar-refractivity contribution in [3.63, 3.8) is 0 Å². The first-order valence-corrected chi connectivity index (χ1v) is 6.88. The summed E-state index contributed by atoms with van der Waals surface area (Å²) in [6.45, 7) is 8.24. The van der Waals surface area contributed by atoms with Crippen LogP contribution in [0, 0.1) is 13.8 Å². The van der Waals surface area contributed by atoms with Crippen LogP contribution in [-0.4, -0.2) is 19.3 Å². The number of alkyl halides is 3. The predicted molar refractivity (Wildman–Crippen MR) is 85.2 cm³/mol. The summed E-state index contributed by atoms with van der Waals surface area (Å²) >= 11 is 0. The SMILES string of the molecule is C=C(/C=C/c1c(C)cc(C(=O)OC)cc1C)/C=C(\C)C(F)(F)F. The molecule has 1 rings (SSSR count). The largest absolute Gasteiger partial charge is 0.465 e. The second-order valence-electron chi connectivity index (χ2n) is 5.25. The Bertz CT molecular complexity index is 657. The Morgan fingerprint density at radius 2 is 1.74 bits per heavy atom. The average molecular weight is 324 g/mol. The lowest BCUT2D eigenvalue weighted by Gasteiger charge is -2.09. The monoisotopic (exact) mass is 324 g/mol. The van der Waals surface area contributed by atoms with Gasteiger partial charge in [-0.05, 0) is 61.2 Å². The highest BCUT2D eigenvalue weighted by molar-refractivity contribution is 5.90. The topological polar surface area (TPSA) is 26.3 Å². The Kier molecular flexibility index (Phi) is 5.96. The molecular weight excluding hydrogens is 305 g/mol. The van der Waals surface area contributed by atoms with Gasteiger partial charge in [0, 0.05) is 5.57 Å². The number of aryl methyl sites for hydroxylation is 2. The third-order valence-corrected chi connectivity index (χ3v) is 3.33. The summed E-state index contributed by atoms with van der Waals surface area (Å²) in [6.07, 6.45) is -0.161. The predicted octanol–water partition coefficient (Wildman–Crippen LogP) is 5.17.